The van der Waals surface area contributed by atoms with Gasteiger partial charge in [-0.2, -0.15) is 0 Å². The summed E-state index contributed by atoms with van der Waals surface area (Å²) in [5, 5.41) is 2.65. The highest BCUT2D eigenvalue weighted by Crippen LogP contribution is 2.17. The van der Waals surface area contributed by atoms with Gasteiger partial charge < -0.3 is 20.7 Å². The van der Waals surface area contributed by atoms with Crippen molar-refractivity contribution >= 4 is 17.7 Å². The summed E-state index contributed by atoms with van der Waals surface area (Å²) in [7, 11) is 0. The van der Waals surface area contributed by atoms with Gasteiger partial charge >= 0.3 is 0 Å². The molecule has 0 saturated carbocycles. The van der Waals surface area contributed by atoms with Crippen LogP contribution in [0, 0.1) is 0 Å². The number of aryl methyl sites for hydroxylation is 1. The summed E-state index contributed by atoms with van der Waals surface area (Å²) in [4.78, 5) is 36.7. The molecular formula is C18H25N3O4. The second-order valence-corrected chi connectivity index (χ2v) is 6.03. The van der Waals surface area contributed by atoms with Crippen molar-refractivity contribution in [2.24, 2.45) is 5.73 Å². The van der Waals surface area contributed by atoms with Crippen LogP contribution in [0.15, 0.2) is 24.3 Å². The zero-order chi connectivity index (χ0) is 18.2. The molecule has 3 amide bonds. The van der Waals surface area contributed by atoms with Crippen LogP contribution in [-0.4, -0.2) is 48.4 Å². The predicted octanol–water partition coefficient (Wildman–Crippen LogP) is 0.610. The molecule has 1 aliphatic rings. The fraction of sp³-hybridized carbons (Fsp3) is 0.500. The molecule has 0 aromatic heterocycles. The molecule has 7 heteroatoms. The molecule has 7 nitrogen and oxygen atoms in total. The number of primary amides is 1. The van der Waals surface area contributed by atoms with E-state index in [1.807, 2.05) is 24.3 Å². The van der Waals surface area contributed by atoms with E-state index in [9.17, 15) is 14.4 Å². The van der Waals surface area contributed by atoms with Crippen molar-refractivity contribution in [1.82, 2.24) is 10.2 Å². The maximum atomic E-state index is 12.1. The molecule has 1 atom stereocenters. The minimum absolute atomic E-state index is 0.104. The molecule has 1 heterocycles. The third-order valence-electron chi connectivity index (χ3n) is 4.26. The molecule has 1 aliphatic heterocycles. The van der Waals surface area contributed by atoms with Crippen molar-refractivity contribution in [1.29, 1.82) is 0 Å². The van der Waals surface area contributed by atoms with E-state index in [1.54, 1.807) is 0 Å². The van der Waals surface area contributed by atoms with E-state index in [-0.39, 0.29) is 31.4 Å². The molecule has 0 spiro atoms. The zero-order valence-electron chi connectivity index (χ0n) is 14.5. The summed E-state index contributed by atoms with van der Waals surface area (Å²) in [6.45, 7) is 2.71. The molecule has 1 aromatic carbocycles. The Labute approximate surface area is 147 Å². The van der Waals surface area contributed by atoms with Crippen molar-refractivity contribution < 1.29 is 19.1 Å². The maximum absolute atomic E-state index is 12.1. The summed E-state index contributed by atoms with van der Waals surface area (Å²) < 4.78 is 5.40. The topological polar surface area (TPSA) is 102 Å². The van der Waals surface area contributed by atoms with E-state index >= 15 is 0 Å². The first-order valence-corrected chi connectivity index (χ1v) is 8.58. The number of benzene rings is 1. The van der Waals surface area contributed by atoms with Gasteiger partial charge in [-0.05, 0) is 37.0 Å². The van der Waals surface area contributed by atoms with Crippen LogP contribution in [0.1, 0.15) is 31.7 Å². The Morgan fingerprint density at radius 1 is 1.28 bits per heavy atom. The van der Waals surface area contributed by atoms with Gasteiger partial charge in [-0.25, -0.2) is 0 Å². The van der Waals surface area contributed by atoms with Gasteiger partial charge in [0.05, 0.1) is 0 Å². The van der Waals surface area contributed by atoms with Crippen LogP contribution in [-0.2, 0) is 20.8 Å². The number of carbonyl (C=O) groups excluding carboxylic acids is 3. The summed E-state index contributed by atoms with van der Waals surface area (Å²) in [5.74, 6) is -0.305. The van der Waals surface area contributed by atoms with Crippen molar-refractivity contribution in [3.05, 3.63) is 29.8 Å². The van der Waals surface area contributed by atoms with Crippen molar-refractivity contribution in [3.63, 3.8) is 0 Å². The lowest BCUT2D eigenvalue weighted by Gasteiger charge is -2.22. The van der Waals surface area contributed by atoms with Gasteiger partial charge in [-0.15, -0.1) is 0 Å². The molecule has 1 aromatic rings. The fourth-order valence-electron chi connectivity index (χ4n) is 2.83. The molecule has 0 radical (unpaired) electrons. The molecule has 1 fully saturated rings. The molecule has 2 rings (SSSR count). The molecule has 1 saturated heterocycles. The zero-order valence-corrected chi connectivity index (χ0v) is 14.5. The second-order valence-electron chi connectivity index (χ2n) is 6.03. The lowest BCUT2D eigenvalue weighted by molar-refractivity contribution is -0.137. The molecule has 0 bridgehead atoms. The Kier molecular flexibility index (Phi) is 6.80. The maximum Gasteiger partial charge on any atom is 0.257 e. The molecule has 0 aliphatic carbocycles. The summed E-state index contributed by atoms with van der Waals surface area (Å²) in [5.41, 5.74) is 6.50. The number of amides is 3. The minimum atomic E-state index is -0.516. The monoisotopic (exact) mass is 347 g/mol. The van der Waals surface area contributed by atoms with Crippen LogP contribution in [0.3, 0.4) is 0 Å². The van der Waals surface area contributed by atoms with Crippen LogP contribution in [0.25, 0.3) is 0 Å². The van der Waals surface area contributed by atoms with E-state index < -0.39 is 11.9 Å². The normalized spacial score (nSPS) is 16.5. The highest BCUT2D eigenvalue weighted by Gasteiger charge is 2.32. The van der Waals surface area contributed by atoms with E-state index in [2.05, 4.69) is 12.2 Å². The van der Waals surface area contributed by atoms with E-state index in [1.165, 1.54) is 10.5 Å². The van der Waals surface area contributed by atoms with Crippen LogP contribution < -0.4 is 15.8 Å². The van der Waals surface area contributed by atoms with E-state index in [0.29, 0.717) is 18.7 Å². The largest absolute Gasteiger partial charge is 0.484 e. The molecule has 1 unspecified atom stereocenters. The van der Waals surface area contributed by atoms with Gasteiger partial charge in [-0.1, -0.05) is 19.1 Å². The number of nitrogens with one attached hydrogen (secondary N) is 1. The van der Waals surface area contributed by atoms with Gasteiger partial charge in [0.15, 0.2) is 6.61 Å². The summed E-state index contributed by atoms with van der Waals surface area (Å²) >= 11 is 0. The predicted molar refractivity (Wildman–Crippen MR) is 92.9 cm³/mol. The van der Waals surface area contributed by atoms with E-state index in [0.717, 1.165) is 12.8 Å². The average Bonchev–Trinajstić information content (AvgIpc) is 3.10. The van der Waals surface area contributed by atoms with Crippen molar-refractivity contribution in [2.75, 3.05) is 19.7 Å². The molecule has 3 N–H and O–H groups in total. The number of carbonyl (C=O) groups is 3. The van der Waals surface area contributed by atoms with Gasteiger partial charge in [0, 0.05) is 19.5 Å². The first kappa shape index (κ1) is 18.8. The van der Waals surface area contributed by atoms with Gasteiger partial charge in [0.25, 0.3) is 5.91 Å². The smallest absolute Gasteiger partial charge is 0.257 e. The van der Waals surface area contributed by atoms with Crippen LogP contribution in [0.5, 0.6) is 5.75 Å². The first-order valence-electron chi connectivity index (χ1n) is 8.58. The van der Waals surface area contributed by atoms with Crippen molar-refractivity contribution in [3.8, 4) is 5.75 Å². The lowest BCUT2D eigenvalue weighted by atomic mass is 10.2. The Hall–Kier alpha value is -2.57. The number of nitrogens with two attached hydrogens (primary N) is 1. The van der Waals surface area contributed by atoms with Gasteiger partial charge in [0.2, 0.25) is 11.8 Å². The number of hydrogen-bond acceptors (Lipinski definition) is 4. The number of rotatable bonds is 8. The Bertz CT molecular complexity index is 615. The SMILES string of the molecule is CCc1ccc(OCC(=O)NCCC(=O)N2CCCC2C(N)=O)cc1. The standard InChI is InChI=1S/C18H25N3O4/c1-2-13-5-7-14(8-6-13)25-12-16(22)20-10-9-17(23)21-11-3-4-15(21)18(19)24/h5-8,15H,2-4,9-12H2,1H3,(H2,19,24)(H,20,22). The third kappa shape index (κ3) is 5.48. The van der Waals surface area contributed by atoms with Crippen molar-refractivity contribution in [2.45, 2.75) is 38.6 Å². The highest BCUT2D eigenvalue weighted by molar-refractivity contribution is 5.87. The Morgan fingerprint density at radius 3 is 2.64 bits per heavy atom. The second kappa shape index (κ2) is 9.05. The number of nitrogens with zero attached hydrogens (tertiary/aromatic N) is 1. The summed E-state index contributed by atoms with van der Waals surface area (Å²) in [6, 6.07) is 7.05. The highest BCUT2D eigenvalue weighted by atomic mass is 16.5. The quantitative estimate of drug-likeness (QED) is 0.719. The number of hydrogen-bond donors (Lipinski definition) is 2. The average molecular weight is 347 g/mol. The summed E-state index contributed by atoms with van der Waals surface area (Å²) in [6.07, 6.45) is 2.47. The lowest BCUT2D eigenvalue weighted by Crippen LogP contribution is -2.44. The fourth-order valence-corrected chi connectivity index (χ4v) is 2.83. The van der Waals surface area contributed by atoms with E-state index in [4.69, 9.17) is 10.5 Å². The molecule has 25 heavy (non-hydrogen) atoms. The molecule has 136 valence electrons. The van der Waals surface area contributed by atoms with Crippen LogP contribution in [0.4, 0.5) is 0 Å². The van der Waals surface area contributed by atoms with Crippen LogP contribution in [0.2, 0.25) is 0 Å². The Morgan fingerprint density at radius 2 is 2.00 bits per heavy atom. The Balaban J connectivity index is 1.67. The third-order valence-corrected chi connectivity index (χ3v) is 4.26. The van der Waals surface area contributed by atoms with Crippen LogP contribution >= 0.6 is 0 Å². The molecular weight excluding hydrogens is 322 g/mol. The van der Waals surface area contributed by atoms with Gasteiger partial charge in [-0.3, -0.25) is 14.4 Å². The first-order chi connectivity index (χ1) is 12.0. The minimum Gasteiger partial charge on any atom is -0.484 e. The number of likely N-dealkylation sites (tertiary alicyclic amines) is 1. The van der Waals surface area contributed by atoms with Gasteiger partial charge in [0.1, 0.15) is 11.8 Å². The number of ether oxygens (including phenoxy) is 1.